The molecule has 0 spiro atoms. The van der Waals surface area contributed by atoms with Gasteiger partial charge < -0.3 is 19.4 Å². The van der Waals surface area contributed by atoms with Crippen molar-refractivity contribution in [3.05, 3.63) is 12.3 Å². The minimum absolute atomic E-state index is 0.0241. The molecule has 9 nitrogen and oxygen atoms in total. The minimum atomic E-state index is -0.396. The maximum atomic E-state index is 12.4. The fourth-order valence-corrected chi connectivity index (χ4v) is 3.60. The van der Waals surface area contributed by atoms with E-state index < -0.39 is 6.09 Å². The number of carbonyl (C=O) groups excluding carboxylic acids is 2. The molecule has 1 aromatic heterocycles. The molecule has 26 heavy (non-hydrogen) atoms. The number of rotatable bonds is 4. The molecular weight excluding hydrogens is 336 g/mol. The number of piperazine rings is 1. The Balaban J connectivity index is 1.32. The van der Waals surface area contributed by atoms with Gasteiger partial charge in [-0.3, -0.25) is 9.69 Å². The second-order valence-electron chi connectivity index (χ2n) is 6.81. The third-order valence-electron chi connectivity index (χ3n) is 5.14. The molecule has 0 atom stereocenters. The van der Waals surface area contributed by atoms with Gasteiger partial charge in [0.1, 0.15) is 19.0 Å². The Hall–Kier alpha value is -2.58. The average molecular weight is 360 g/mol. The molecule has 0 aliphatic carbocycles. The van der Waals surface area contributed by atoms with E-state index >= 15 is 0 Å². The number of amides is 2. The highest BCUT2D eigenvalue weighted by atomic mass is 16.6. The number of hydrogen-bond acceptors (Lipinski definition) is 7. The van der Waals surface area contributed by atoms with Crippen LogP contribution in [0.3, 0.4) is 0 Å². The maximum Gasteiger partial charge on any atom is 0.410 e. The zero-order valence-corrected chi connectivity index (χ0v) is 14.8. The van der Waals surface area contributed by atoms with E-state index in [1.165, 1.54) is 17.7 Å². The van der Waals surface area contributed by atoms with Gasteiger partial charge in [-0.25, -0.2) is 9.78 Å². The Bertz CT molecular complexity index is 670. The first-order chi connectivity index (χ1) is 12.7. The van der Waals surface area contributed by atoms with Gasteiger partial charge in [-0.05, 0) is 18.9 Å². The van der Waals surface area contributed by atoms with E-state index in [0.29, 0.717) is 26.2 Å². The van der Waals surface area contributed by atoms with Crippen molar-refractivity contribution in [2.24, 2.45) is 0 Å². The van der Waals surface area contributed by atoms with Crippen LogP contribution < -0.4 is 9.80 Å². The fraction of sp³-hybridized carbons (Fsp3) is 0.647. The summed E-state index contributed by atoms with van der Waals surface area (Å²) < 4.78 is 4.87. The topological polar surface area (TPSA) is 82.1 Å². The predicted molar refractivity (Wildman–Crippen MR) is 95.2 cm³/mol. The molecule has 3 saturated heterocycles. The van der Waals surface area contributed by atoms with E-state index in [2.05, 4.69) is 14.8 Å². The van der Waals surface area contributed by atoms with Crippen molar-refractivity contribution in [3.8, 4) is 0 Å². The van der Waals surface area contributed by atoms with Crippen LogP contribution in [0, 0.1) is 0 Å². The number of nitrogens with zero attached hydrogens (tertiary/aromatic N) is 6. The summed E-state index contributed by atoms with van der Waals surface area (Å²) in [6, 6.07) is 1.93. The Morgan fingerprint density at radius 3 is 2.50 bits per heavy atom. The SMILES string of the molecule is O=C(CN1CCOC1=O)N1CCN(c2ccnc(N3CCCC3)n2)CC1. The van der Waals surface area contributed by atoms with Crippen molar-refractivity contribution >= 4 is 23.8 Å². The van der Waals surface area contributed by atoms with Gasteiger partial charge in [0, 0.05) is 45.5 Å². The van der Waals surface area contributed by atoms with Gasteiger partial charge in [0.25, 0.3) is 0 Å². The normalized spacial score (nSPS) is 20.7. The molecule has 0 bridgehead atoms. The summed E-state index contributed by atoms with van der Waals surface area (Å²) in [5.41, 5.74) is 0. The lowest BCUT2D eigenvalue weighted by Crippen LogP contribution is -2.51. The summed E-state index contributed by atoms with van der Waals surface area (Å²) >= 11 is 0. The molecule has 3 aliphatic rings. The molecule has 0 radical (unpaired) electrons. The van der Waals surface area contributed by atoms with Gasteiger partial charge in [0.2, 0.25) is 11.9 Å². The number of cyclic esters (lactones) is 1. The summed E-state index contributed by atoms with van der Waals surface area (Å²) in [7, 11) is 0. The highest BCUT2D eigenvalue weighted by Crippen LogP contribution is 2.20. The molecule has 3 fully saturated rings. The lowest BCUT2D eigenvalue weighted by atomic mass is 10.3. The van der Waals surface area contributed by atoms with Crippen LogP contribution in [-0.2, 0) is 9.53 Å². The van der Waals surface area contributed by atoms with Gasteiger partial charge in [-0.1, -0.05) is 0 Å². The molecule has 0 saturated carbocycles. The van der Waals surface area contributed by atoms with E-state index in [1.807, 2.05) is 17.2 Å². The Morgan fingerprint density at radius 1 is 1.04 bits per heavy atom. The lowest BCUT2D eigenvalue weighted by molar-refractivity contribution is -0.132. The number of carbonyl (C=O) groups is 2. The van der Waals surface area contributed by atoms with Gasteiger partial charge in [0.05, 0.1) is 6.54 Å². The first-order valence-corrected chi connectivity index (χ1v) is 9.23. The molecule has 0 unspecified atom stereocenters. The zero-order chi connectivity index (χ0) is 17.9. The van der Waals surface area contributed by atoms with Crippen molar-refractivity contribution in [3.63, 3.8) is 0 Å². The van der Waals surface area contributed by atoms with Gasteiger partial charge in [-0.15, -0.1) is 0 Å². The number of hydrogen-bond donors (Lipinski definition) is 0. The molecule has 2 amide bonds. The smallest absolute Gasteiger partial charge is 0.410 e. The minimum Gasteiger partial charge on any atom is -0.448 e. The summed E-state index contributed by atoms with van der Waals surface area (Å²) in [6.07, 6.45) is 3.80. The fourth-order valence-electron chi connectivity index (χ4n) is 3.60. The maximum absolute atomic E-state index is 12.4. The molecule has 9 heteroatoms. The zero-order valence-electron chi connectivity index (χ0n) is 14.8. The number of ether oxygens (including phenoxy) is 1. The van der Waals surface area contributed by atoms with Gasteiger partial charge in [0.15, 0.2) is 0 Å². The Morgan fingerprint density at radius 2 is 1.81 bits per heavy atom. The van der Waals surface area contributed by atoms with E-state index in [4.69, 9.17) is 9.72 Å². The predicted octanol–water partition coefficient (Wildman–Crippen LogP) is 0.178. The van der Waals surface area contributed by atoms with Crippen LogP contribution in [0.2, 0.25) is 0 Å². The molecule has 0 N–H and O–H groups in total. The van der Waals surface area contributed by atoms with E-state index in [1.54, 1.807) is 0 Å². The first kappa shape index (κ1) is 16.9. The van der Waals surface area contributed by atoms with Crippen LogP contribution in [0.1, 0.15) is 12.8 Å². The van der Waals surface area contributed by atoms with Gasteiger partial charge in [-0.2, -0.15) is 4.98 Å². The Kier molecular flexibility index (Phi) is 4.77. The monoisotopic (exact) mass is 360 g/mol. The van der Waals surface area contributed by atoms with Crippen LogP contribution >= 0.6 is 0 Å². The van der Waals surface area contributed by atoms with Crippen LogP contribution in [0.25, 0.3) is 0 Å². The molecule has 0 aromatic carbocycles. The number of anilines is 2. The molecular formula is C17H24N6O3. The summed E-state index contributed by atoms with van der Waals surface area (Å²) in [6.45, 7) is 5.72. The van der Waals surface area contributed by atoms with E-state index in [-0.39, 0.29) is 12.5 Å². The van der Waals surface area contributed by atoms with E-state index in [9.17, 15) is 9.59 Å². The largest absolute Gasteiger partial charge is 0.448 e. The van der Waals surface area contributed by atoms with Crippen molar-refractivity contribution in [2.75, 3.05) is 68.8 Å². The summed E-state index contributed by atoms with van der Waals surface area (Å²) in [5.74, 6) is 1.69. The molecule has 3 aliphatic heterocycles. The second kappa shape index (κ2) is 7.35. The van der Waals surface area contributed by atoms with Gasteiger partial charge >= 0.3 is 6.09 Å². The third kappa shape index (κ3) is 3.51. The average Bonchev–Trinajstić information content (AvgIpc) is 3.35. The summed E-state index contributed by atoms with van der Waals surface area (Å²) in [5, 5.41) is 0. The van der Waals surface area contributed by atoms with Crippen LogP contribution in [0.15, 0.2) is 12.3 Å². The third-order valence-corrected chi connectivity index (χ3v) is 5.14. The van der Waals surface area contributed by atoms with E-state index in [0.717, 1.165) is 37.9 Å². The molecule has 140 valence electrons. The highest BCUT2D eigenvalue weighted by Gasteiger charge is 2.28. The number of aromatic nitrogens is 2. The van der Waals surface area contributed by atoms with Crippen molar-refractivity contribution in [1.82, 2.24) is 19.8 Å². The van der Waals surface area contributed by atoms with Crippen LogP contribution in [0.5, 0.6) is 0 Å². The second-order valence-corrected chi connectivity index (χ2v) is 6.81. The van der Waals surface area contributed by atoms with Crippen molar-refractivity contribution in [2.45, 2.75) is 12.8 Å². The molecule has 4 rings (SSSR count). The lowest BCUT2D eigenvalue weighted by Gasteiger charge is -2.36. The first-order valence-electron chi connectivity index (χ1n) is 9.23. The highest BCUT2D eigenvalue weighted by molar-refractivity contribution is 5.83. The quantitative estimate of drug-likeness (QED) is 0.757. The van der Waals surface area contributed by atoms with Crippen molar-refractivity contribution < 1.29 is 14.3 Å². The van der Waals surface area contributed by atoms with Crippen LogP contribution in [-0.4, -0.2) is 90.7 Å². The molecule has 4 heterocycles. The summed E-state index contributed by atoms with van der Waals surface area (Å²) in [4.78, 5) is 40.7. The van der Waals surface area contributed by atoms with Crippen molar-refractivity contribution in [1.29, 1.82) is 0 Å². The molecule has 1 aromatic rings. The standard InChI is InChI=1S/C17H24N6O3/c24-15(13-23-11-12-26-17(23)25)21-9-7-20(8-10-21)14-3-4-18-16(19-14)22-5-1-2-6-22/h3-4H,1-2,5-13H2. The van der Waals surface area contributed by atoms with Crippen LogP contribution in [0.4, 0.5) is 16.6 Å². The Labute approximate surface area is 152 Å².